The molecule has 0 saturated carbocycles. The maximum absolute atomic E-state index is 5.26. The number of hydrogen-bond donors (Lipinski definition) is 0. The summed E-state index contributed by atoms with van der Waals surface area (Å²) >= 11 is 0. The van der Waals surface area contributed by atoms with E-state index in [9.17, 15) is 0 Å². The number of aromatic nitrogens is 4. The van der Waals surface area contributed by atoms with Crippen molar-refractivity contribution >= 4 is 21.8 Å². The predicted octanol–water partition coefficient (Wildman–Crippen LogP) is 11.3. The van der Waals surface area contributed by atoms with E-state index in [0.717, 1.165) is 66.3 Å². The molecule has 0 radical (unpaired) electrons. The molecular formula is C45H30N4. The Bertz CT molecular complexity index is 2480. The summed E-state index contributed by atoms with van der Waals surface area (Å²) in [5.74, 6) is 1.81. The van der Waals surface area contributed by atoms with Crippen LogP contribution < -0.4 is 0 Å². The Morgan fingerprint density at radius 2 is 0.673 bits per heavy atom. The van der Waals surface area contributed by atoms with Gasteiger partial charge in [-0.05, 0) is 69.8 Å². The Morgan fingerprint density at radius 3 is 1.22 bits per heavy atom. The third-order valence-corrected chi connectivity index (χ3v) is 9.04. The van der Waals surface area contributed by atoms with E-state index in [2.05, 4.69) is 168 Å². The van der Waals surface area contributed by atoms with Crippen LogP contribution in [0.4, 0.5) is 0 Å². The molecule has 49 heavy (non-hydrogen) atoms. The second-order valence-electron chi connectivity index (χ2n) is 12.1. The van der Waals surface area contributed by atoms with Gasteiger partial charge in [-0.1, -0.05) is 146 Å². The molecule has 0 N–H and O–H groups in total. The van der Waals surface area contributed by atoms with Crippen LogP contribution in [0.5, 0.6) is 0 Å². The average molecular weight is 627 g/mol. The smallest absolute Gasteiger partial charge is 0.238 e. The van der Waals surface area contributed by atoms with Crippen LogP contribution in [0, 0.1) is 0 Å². The van der Waals surface area contributed by atoms with Gasteiger partial charge in [0.2, 0.25) is 5.95 Å². The van der Waals surface area contributed by atoms with Gasteiger partial charge in [-0.15, -0.1) is 0 Å². The third-order valence-electron chi connectivity index (χ3n) is 9.04. The van der Waals surface area contributed by atoms with Gasteiger partial charge < -0.3 is 0 Å². The predicted molar refractivity (Wildman–Crippen MR) is 201 cm³/mol. The summed E-state index contributed by atoms with van der Waals surface area (Å²) in [6.07, 6.45) is 0. The quantitative estimate of drug-likeness (QED) is 0.184. The molecule has 4 heteroatoms. The molecule has 230 valence electrons. The lowest BCUT2D eigenvalue weighted by atomic mass is 9.96. The second-order valence-corrected chi connectivity index (χ2v) is 12.1. The summed E-state index contributed by atoms with van der Waals surface area (Å²) in [7, 11) is 0. The molecule has 0 aliphatic carbocycles. The topological polar surface area (TPSA) is 43.6 Å². The van der Waals surface area contributed by atoms with E-state index in [1.54, 1.807) is 0 Å². The maximum atomic E-state index is 5.26. The van der Waals surface area contributed by atoms with Crippen LogP contribution in [-0.4, -0.2) is 19.5 Å². The lowest BCUT2D eigenvalue weighted by Crippen LogP contribution is -2.06. The van der Waals surface area contributed by atoms with Gasteiger partial charge in [0.05, 0.1) is 11.0 Å². The Balaban J connectivity index is 1.32. The van der Waals surface area contributed by atoms with Crippen molar-refractivity contribution in [3.8, 4) is 62.1 Å². The van der Waals surface area contributed by atoms with Crippen LogP contribution >= 0.6 is 0 Å². The monoisotopic (exact) mass is 626 g/mol. The van der Waals surface area contributed by atoms with Crippen molar-refractivity contribution in [2.45, 2.75) is 0 Å². The molecule has 0 fully saturated rings. The van der Waals surface area contributed by atoms with Crippen LogP contribution in [0.15, 0.2) is 182 Å². The Kier molecular flexibility index (Phi) is 7.10. The molecule has 0 spiro atoms. The highest BCUT2D eigenvalue weighted by Gasteiger charge is 2.19. The van der Waals surface area contributed by atoms with Gasteiger partial charge in [-0.25, -0.2) is 4.98 Å². The molecule has 7 aromatic carbocycles. The summed E-state index contributed by atoms with van der Waals surface area (Å²) in [4.78, 5) is 15.7. The van der Waals surface area contributed by atoms with Crippen LogP contribution in [0.25, 0.3) is 83.9 Å². The fourth-order valence-electron chi connectivity index (χ4n) is 6.68. The van der Waals surface area contributed by atoms with Crippen molar-refractivity contribution in [3.05, 3.63) is 182 Å². The highest BCUT2D eigenvalue weighted by Crippen LogP contribution is 2.35. The van der Waals surface area contributed by atoms with E-state index in [-0.39, 0.29) is 0 Å². The number of nitrogens with zero attached hydrogens (tertiary/aromatic N) is 4. The van der Waals surface area contributed by atoms with E-state index in [1.807, 2.05) is 18.2 Å². The van der Waals surface area contributed by atoms with Gasteiger partial charge >= 0.3 is 0 Å². The molecule has 0 atom stereocenters. The van der Waals surface area contributed by atoms with E-state index in [4.69, 9.17) is 15.0 Å². The normalized spacial score (nSPS) is 11.3. The van der Waals surface area contributed by atoms with Gasteiger partial charge in [0.1, 0.15) is 0 Å². The highest BCUT2D eigenvalue weighted by molar-refractivity contribution is 6.09. The molecule has 0 bridgehead atoms. The zero-order valence-electron chi connectivity index (χ0n) is 26.6. The zero-order chi connectivity index (χ0) is 32.6. The standard InChI is InChI=1S/C45H30N4/c1-4-15-31(16-5-1)34-21-14-22-35(27-34)43-46-44(48-45(47-43)49-41-25-12-10-23-39(41)40-24-11-13-26-42(40)49)38-29-36(32-17-6-2-7-18-32)28-37(30-38)33-19-8-3-9-20-33/h1-30H. The Labute approximate surface area is 284 Å². The lowest BCUT2D eigenvalue weighted by Gasteiger charge is -2.14. The van der Waals surface area contributed by atoms with Crippen molar-refractivity contribution in [3.63, 3.8) is 0 Å². The van der Waals surface area contributed by atoms with Gasteiger partial charge in [0.25, 0.3) is 0 Å². The first kappa shape index (κ1) is 28.6. The summed E-state index contributed by atoms with van der Waals surface area (Å²) in [5, 5.41) is 2.32. The number of fused-ring (bicyclic) bond motifs is 3. The van der Waals surface area contributed by atoms with Gasteiger partial charge in [0, 0.05) is 21.9 Å². The largest absolute Gasteiger partial charge is 0.278 e. The SMILES string of the molecule is c1ccc(-c2cccc(-c3nc(-c4cc(-c5ccccc5)cc(-c5ccccc5)c4)nc(-n4c5ccccc5c5ccccc54)n3)c2)cc1. The molecule has 0 aliphatic heterocycles. The molecule has 9 rings (SSSR count). The molecule has 0 amide bonds. The summed E-state index contributed by atoms with van der Waals surface area (Å²) in [5.41, 5.74) is 10.7. The second kappa shape index (κ2) is 12.2. The lowest BCUT2D eigenvalue weighted by molar-refractivity contribution is 0.953. The number of rotatable bonds is 6. The van der Waals surface area contributed by atoms with Gasteiger partial charge in [-0.3, -0.25) is 4.57 Å². The van der Waals surface area contributed by atoms with Crippen LogP contribution in [0.3, 0.4) is 0 Å². The van der Waals surface area contributed by atoms with E-state index in [1.165, 1.54) is 0 Å². The molecule has 9 aromatic rings. The van der Waals surface area contributed by atoms with Crippen molar-refractivity contribution in [2.24, 2.45) is 0 Å². The van der Waals surface area contributed by atoms with Crippen molar-refractivity contribution < 1.29 is 0 Å². The summed E-state index contributed by atoms with van der Waals surface area (Å²) < 4.78 is 2.17. The van der Waals surface area contributed by atoms with Crippen LogP contribution in [0.2, 0.25) is 0 Å². The first-order chi connectivity index (χ1) is 24.3. The molecule has 2 aromatic heterocycles. The number of benzene rings is 7. The first-order valence-electron chi connectivity index (χ1n) is 16.5. The van der Waals surface area contributed by atoms with Crippen molar-refractivity contribution in [1.82, 2.24) is 19.5 Å². The molecule has 0 unspecified atom stereocenters. The fraction of sp³-hybridized carbons (Fsp3) is 0. The molecule has 4 nitrogen and oxygen atoms in total. The minimum atomic E-state index is 0.578. The van der Waals surface area contributed by atoms with E-state index < -0.39 is 0 Å². The Morgan fingerprint density at radius 1 is 0.286 bits per heavy atom. The fourth-order valence-corrected chi connectivity index (χ4v) is 6.68. The third kappa shape index (κ3) is 5.35. The van der Waals surface area contributed by atoms with E-state index in [0.29, 0.717) is 17.6 Å². The molecule has 0 saturated heterocycles. The van der Waals surface area contributed by atoms with Crippen molar-refractivity contribution in [2.75, 3.05) is 0 Å². The van der Waals surface area contributed by atoms with E-state index >= 15 is 0 Å². The zero-order valence-corrected chi connectivity index (χ0v) is 26.6. The maximum Gasteiger partial charge on any atom is 0.238 e. The van der Waals surface area contributed by atoms with Crippen LogP contribution in [-0.2, 0) is 0 Å². The molecular weight excluding hydrogens is 597 g/mol. The van der Waals surface area contributed by atoms with Gasteiger partial charge in [0.15, 0.2) is 11.6 Å². The summed E-state index contributed by atoms with van der Waals surface area (Å²) in [6.45, 7) is 0. The average Bonchev–Trinajstić information content (AvgIpc) is 3.53. The minimum Gasteiger partial charge on any atom is -0.278 e. The molecule has 2 heterocycles. The number of para-hydroxylation sites is 2. The van der Waals surface area contributed by atoms with Crippen LogP contribution in [0.1, 0.15) is 0 Å². The summed E-state index contributed by atoms with van der Waals surface area (Å²) in [6, 6.07) is 63.4. The van der Waals surface area contributed by atoms with Gasteiger partial charge in [-0.2, -0.15) is 9.97 Å². The number of hydrogen-bond acceptors (Lipinski definition) is 3. The molecule has 0 aliphatic rings. The highest BCUT2D eigenvalue weighted by atomic mass is 15.2. The van der Waals surface area contributed by atoms with Crippen molar-refractivity contribution in [1.29, 1.82) is 0 Å². The first-order valence-corrected chi connectivity index (χ1v) is 16.5. The minimum absolute atomic E-state index is 0.578. The Hall–Kier alpha value is -6.65.